The molecular formula is C29H35N3O4. The van der Waals surface area contributed by atoms with E-state index in [1.165, 1.54) is 10.8 Å². The summed E-state index contributed by atoms with van der Waals surface area (Å²) in [6.45, 7) is 7.10. The Balaban J connectivity index is 1.51. The number of nitrogens with zero attached hydrogens (tertiary/aromatic N) is 1. The first-order valence-electron chi connectivity index (χ1n) is 12.4. The number of likely N-dealkylation sites (tertiary alicyclic amines) is 1. The predicted octanol–water partition coefficient (Wildman–Crippen LogP) is 4.68. The molecule has 36 heavy (non-hydrogen) atoms. The number of ether oxygens (including phenoxy) is 2. The molecule has 1 heterocycles. The number of rotatable bonds is 6. The minimum atomic E-state index is -0.555. The minimum absolute atomic E-state index is 0.113. The number of hydrazine groups is 1. The Bertz CT molecular complexity index is 1200. The number of benzene rings is 3. The molecule has 7 heteroatoms. The van der Waals surface area contributed by atoms with Crippen LogP contribution in [0.15, 0.2) is 66.7 Å². The van der Waals surface area contributed by atoms with Crippen LogP contribution in [0, 0.1) is 0 Å². The Morgan fingerprint density at radius 3 is 2.39 bits per heavy atom. The van der Waals surface area contributed by atoms with E-state index in [0.29, 0.717) is 19.7 Å². The van der Waals surface area contributed by atoms with Gasteiger partial charge in [-0.3, -0.25) is 10.2 Å². The Kier molecular flexibility index (Phi) is 7.91. The zero-order chi connectivity index (χ0) is 25.7. The lowest BCUT2D eigenvalue weighted by molar-refractivity contribution is -0.120. The van der Waals surface area contributed by atoms with Gasteiger partial charge in [-0.25, -0.2) is 10.6 Å². The molecule has 3 N–H and O–H groups in total. The van der Waals surface area contributed by atoms with E-state index in [0.717, 1.165) is 23.1 Å². The maximum absolute atomic E-state index is 12.8. The SMILES string of the molecule is CC(C)(C)OC(=O)N1CCC(c2ccc(CC(=O)NN)cc2)C(OCc2ccc3ccccc3c2)C1. The summed E-state index contributed by atoms with van der Waals surface area (Å²) in [5, 5.41) is 2.36. The molecule has 0 aliphatic carbocycles. The molecule has 1 saturated heterocycles. The third-order valence-electron chi connectivity index (χ3n) is 6.42. The molecule has 1 fully saturated rings. The molecule has 1 aliphatic heterocycles. The van der Waals surface area contributed by atoms with Gasteiger partial charge in [0.25, 0.3) is 0 Å². The van der Waals surface area contributed by atoms with Crippen molar-refractivity contribution in [3.05, 3.63) is 83.4 Å². The number of carbonyl (C=O) groups excluding carboxylic acids is 2. The molecule has 2 atom stereocenters. The number of fused-ring (bicyclic) bond motifs is 1. The van der Waals surface area contributed by atoms with Crippen LogP contribution in [0.5, 0.6) is 0 Å². The molecule has 0 aromatic heterocycles. The van der Waals surface area contributed by atoms with Gasteiger partial charge in [0.2, 0.25) is 5.91 Å². The van der Waals surface area contributed by atoms with Crippen LogP contribution in [0.1, 0.15) is 49.8 Å². The number of piperidine rings is 1. The molecule has 0 saturated carbocycles. The lowest BCUT2D eigenvalue weighted by atomic mass is 9.86. The fraction of sp³-hybridized carbons (Fsp3) is 0.379. The van der Waals surface area contributed by atoms with Crippen LogP contribution in [0.3, 0.4) is 0 Å². The van der Waals surface area contributed by atoms with E-state index in [4.69, 9.17) is 15.3 Å². The van der Waals surface area contributed by atoms with E-state index in [1.807, 2.05) is 57.2 Å². The van der Waals surface area contributed by atoms with Gasteiger partial charge in [0.1, 0.15) is 5.60 Å². The highest BCUT2D eigenvalue weighted by atomic mass is 16.6. The summed E-state index contributed by atoms with van der Waals surface area (Å²) < 4.78 is 12.1. The fourth-order valence-corrected chi connectivity index (χ4v) is 4.61. The zero-order valence-corrected chi connectivity index (χ0v) is 21.2. The average Bonchev–Trinajstić information content (AvgIpc) is 2.86. The highest BCUT2D eigenvalue weighted by Crippen LogP contribution is 2.32. The lowest BCUT2D eigenvalue weighted by Gasteiger charge is -2.39. The van der Waals surface area contributed by atoms with Crippen molar-refractivity contribution >= 4 is 22.8 Å². The second-order valence-corrected chi connectivity index (χ2v) is 10.3. The lowest BCUT2D eigenvalue weighted by Crippen LogP contribution is -2.48. The molecule has 3 aromatic rings. The van der Waals surface area contributed by atoms with Gasteiger partial charge in [0.15, 0.2) is 0 Å². The van der Waals surface area contributed by atoms with Gasteiger partial charge in [-0.1, -0.05) is 60.7 Å². The summed E-state index contributed by atoms with van der Waals surface area (Å²) in [5.74, 6) is 5.10. The number of amides is 2. The second-order valence-electron chi connectivity index (χ2n) is 10.3. The topological polar surface area (TPSA) is 93.9 Å². The van der Waals surface area contributed by atoms with Crippen molar-refractivity contribution in [2.75, 3.05) is 13.1 Å². The summed E-state index contributed by atoms with van der Waals surface area (Å²) in [6, 6.07) is 22.6. The van der Waals surface area contributed by atoms with E-state index in [-0.39, 0.29) is 30.4 Å². The van der Waals surface area contributed by atoms with Crippen LogP contribution in [0.4, 0.5) is 4.79 Å². The monoisotopic (exact) mass is 489 g/mol. The third kappa shape index (κ3) is 6.62. The summed E-state index contributed by atoms with van der Waals surface area (Å²) in [5.41, 5.74) is 4.71. The molecule has 4 rings (SSSR count). The smallest absolute Gasteiger partial charge is 0.410 e. The average molecular weight is 490 g/mol. The number of nitrogens with two attached hydrogens (primary N) is 1. The fourth-order valence-electron chi connectivity index (χ4n) is 4.61. The van der Waals surface area contributed by atoms with Crippen LogP contribution < -0.4 is 11.3 Å². The highest BCUT2D eigenvalue weighted by molar-refractivity contribution is 5.83. The summed E-state index contributed by atoms with van der Waals surface area (Å²) in [7, 11) is 0. The molecule has 0 spiro atoms. The molecular weight excluding hydrogens is 454 g/mol. The first-order valence-corrected chi connectivity index (χ1v) is 12.4. The van der Waals surface area contributed by atoms with Crippen LogP contribution in [0.2, 0.25) is 0 Å². The molecule has 1 aliphatic rings. The maximum atomic E-state index is 12.8. The van der Waals surface area contributed by atoms with Crippen LogP contribution in [-0.2, 0) is 27.3 Å². The molecule has 190 valence electrons. The van der Waals surface area contributed by atoms with Crippen molar-refractivity contribution in [2.24, 2.45) is 5.84 Å². The Morgan fingerprint density at radius 2 is 1.69 bits per heavy atom. The maximum Gasteiger partial charge on any atom is 0.410 e. The molecule has 7 nitrogen and oxygen atoms in total. The zero-order valence-electron chi connectivity index (χ0n) is 21.2. The van der Waals surface area contributed by atoms with Crippen molar-refractivity contribution in [2.45, 2.75) is 57.8 Å². The standard InChI is InChI=1S/C29H35N3O4/c1-29(2,3)36-28(34)32-15-14-25(23-12-8-20(9-13-23)17-27(33)31-30)26(18-32)35-19-21-10-11-22-6-4-5-7-24(22)16-21/h4-13,16,25-26H,14-15,17-19,30H2,1-3H3,(H,31,33). The summed E-state index contributed by atoms with van der Waals surface area (Å²) in [4.78, 5) is 26.2. The quantitative estimate of drug-likeness (QED) is 0.298. The molecule has 2 amide bonds. The van der Waals surface area contributed by atoms with Crippen LogP contribution in [0.25, 0.3) is 10.8 Å². The number of nitrogens with one attached hydrogen (secondary N) is 1. The van der Waals surface area contributed by atoms with Crippen molar-refractivity contribution in [3.63, 3.8) is 0 Å². The van der Waals surface area contributed by atoms with Gasteiger partial charge in [-0.2, -0.15) is 0 Å². The van der Waals surface area contributed by atoms with Crippen molar-refractivity contribution in [1.29, 1.82) is 0 Å². The van der Waals surface area contributed by atoms with E-state index < -0.39 is 5.60 Å². The largest absolute Gasteiger partial charge is 0.444 e. The summed E-state index contributed by atoms with van der Waals surface area (Å²) in [6.07, 6.45) is 0.472. The number of carbonyl (C=O) groups is 2. The van der Waals surface area contributed by atoms with Gasteiger partial charge in [-0.15, -0.1) is 0 Å². The molecule has 3 aromatic carbocycles. The van der Waals surface area contributed by atoms with Crippen LogP contribution >= 0.6 is 0 Å². The van der Waals surface area contributed by atoms with Crippen LogP contribution in [-0.4, -0.2) is 41.7 Å². The third-order valence-corrected chi connectivity index (χ3v) is 6.42. The molecule has 0 radical (unpaired) electrons. The Labute approximate surface area is 212 Å². The van der Waals surface area contributed by atoms with E-state index >= 15 is 0 Å². The van der Waals surface area contributed by atoms with Gasteiger partial charge in [0, 0.05) is 12.5 Å². The highest BCUT2D eigenvalue weighted by Gasteiger charge is 2.35. The Hall–Kier alpha value is -3.42. The minimum Gasteiger partial charge on any atom is -0.444 e. The normalized spacial score (nSPS) is 18.2. The number of hydrogen-bond donors (Lipinski definition) is 2. The predicted molar refractivity (Wildman–Crippen MR) is 140 cm³/mol. The second kappa shape index (κ2) is 11.1. The Morgan fingerprint density at radius 1 is 1.00 bits per heavy atom. The van der Waals surface area contributed by atoms with Crippen molar-refractivity contribution < 1.29 is 19.1 Å². The molecule has 2 unspecified atom stereocenters. The van der Waals surface area contributed by atoms with E-state index in [2.05, 4.69) is 35.8 Å². The van der Waals surface area contributed by atoms with Gasteiger partial charge in [0.05, 0.1) is 25.7 Å². The first kappa shape index (κ1) is 25.7. The van der Waals surface area contributed by atoms with Crippen molar-refractivity contribution in [1.82, 2.24) is 10.3 Å². The van der Waals surface area contributed by atoms with E-state index in [1.54, 1.807) is 4.90 Å². The first-order chi connectivity index (χ1) is 17.2. The summed E-state index contributed by atoms with van der Waals surface area (Å²) >= 11 is 0. The van der Waals surface area contributed by atoms with Gasteiger partial charge >= 0.3 is 6.09 Å². The van der Waals surface area contributed by atoms with Gasteiger partial charge < -0.3 is 14.4 Å². The molecule has 0 bridgehead atoms. The number of hydrogen-bond acceptors (Lipinski definition) is 5. The van der Waals surface area contributed by atoms with Gasteiger partial charge in [-0.05, 0) is 60.7 Å². The van der Waals surface area contributed by atoms with Crippen molar-refractivity contribution in [3.8, 4) is 0 Å². The van der Waals surface area contributed by atoms with E-state index in [9.17, 15) is 9.59 Å².